The summed E-state index contributed by atoms with van der Waals surface area (Å²) in [4.78, 5) is 32.0. The molecule has 7 nitrogen and oxygen atoms in total. The number of carbonyl (C=O) groups is 1. The molecule has 1 heterocycles. The van der Waals surface area contributed by atoms with E-state index in [1.807, 2.05) is 68.4 Å². The third kappa shape index (κ3) is 6.16. The molecule has 0 fully saturated rings. The molecule has 7 heteroatoms. The maximum absolute atomic E-state index is 13.1. The predicted octanol–water partition coefficient (Wildman–Crippen LogP) is 6.17. The van der Waals surface area contributed by atoms with E-state index in [-0.39, 0.29) is 17.8 Å². The highest BCUT2D eigenvalue weighted by molar-refractivity contribution is 5.99. The van der Waals surface area contributed by atoms with Gasteiger partial charge in [-0.05, 0) is 85.5 Å². The van der Waals surface area contributed by atoms with E-state index in [1.54, 1.807) is 14.2 Å². The van der Waals surface area contributed by atoms with Crippen LogP contribution in [0.2, 0.25) is 0 Å². The number of anilines is 1. The Hall–Kier alpha value is -4.62. The van der Waals surface area contributed by atoms with Gasteiger partial charge in [0.25, 0.3) is 0 Å². The zero-order valence-electron chi connectivity index (χ0n) is 24.8. The summed E-state index contributed by atoms with van der Waals surface area (Å²) >= 11 is 0. The highest BCUT2D eigenvalue weighted by Gasteiger charge is 2.14. The second kappa shape index (κ2) is 12.5. The van der Waals surface area contributed by atoms with Crippen molar-refractivity contribution >= 4 is 33.4 Å². The van der Waals surface area contributed by atoms with E-state index in [9.17, 15) is 9.59 Å². The Bertz CT molecular complexity index is 1830. The molecule has 1 amide bonds. The monoisotopic (exact) mass is 563 g/mol. The lowest BCUT2D eigenvalue weighted by atomic mass is 10.0. The molecule has 5 aromatic rings. The molecule has 0 bridgehead atoms. The lowest BCUT2D eigenvalue weighted by molar-refractivity contribution is -0.115. The van der Waals surface area contributed by atoms with Gasteiger partial charge in [-0.2, -0.15) is 0 Å². The standard InChI is InChI=1S/C35H37N3O4/c1-22-8-6-10-27-33(22)37-34-26(9-7-11-28(34)35(27)40)20-32(39)36-29-14-12-24(18-23(29)2)16-17-38(3)21-25-13-15-30(41-4)31(19-25)42-5/h6-15,18-19H,16-17,20-21H2,1-5H3,(H,36,39)(H,37,40). The van der Waals surface area contributed by atoms with E-state index in [2.05, 4.69) is 40.4 Å². The molecule has 0 saturated carbocycles. The second-order valence-electron chi connectivity index (χ2n) is 10.8. The van der Waals surface area contributed by atoms with Crippen molar-refractivity contribution in [2.24, 2.45) is 0 Å². The van der Waals surface area contributed by atoms with Crippen LogP contribution in [0.4, 0.5) is 5.69 Å². The van der Waals surface area contributed by atoms with E-state index < -0.39 is 0 Å². The zero-order valence-corrected chi connectivity index (χ0v) is 24.8. The summed E-state index contributed by atoms with van der Waals surface area (Å²) in [5, 5.41) is 4.32. The fourth-order valence-electron chi connectivity index (χ4n) is 5.46. The van der Waals surface area contributed by atoms with Crippen LogP contribution in [-0.2, 0) is 24.2 Å². The smallest absolute Gasteiger partial charge is 0.228 e. The molecule has 0 unspecified atom stereocenters. The third-order valence-corrected chi connectivity index (χ3v) is 7.76. The zero-order chi connectivity index (χ0) is 29.8. The van der Waals surface area contributed by atoms with Gasteiger partial charge in [0.1, 0.15) is 0 Å². The molecule has 5 rings (SSSR count). The van der Waals surface area contributed by atoms with Crippen molar-refractivity contribution in [1.82, 2.24) is 9.88 Å². The number of methoxy groups -OCH3 is 2. The Morgan fingerprint density at radius 1 is 0.833 bits per heavy atom. The van der Waals surface area contributed by atoms with Gasteiger partial charge in [0.2, 0.25) is 5.91 Å². The Kier molecular flexibility index (Phi) is 8.59. The number of fused-ring (bicyclic) bond motifs is 2. The number of rotatable bonds is 10. The molecule has 0 aliphatic heterocycles. The summed E-state index contributed by atoms with van der Waals surface area (Å²) in [7, 11) is 5.38. The quantitative estimate of drug-likeness (QED) is 0.199. The van der Waals surface area contributed by atoms with Crippen LogP contribution in [0.15, 0.2) is 77.6 Å². The molecule has 216 valence electrons. The Balaban J connectivity index is 1.23. The number of nitrogens with one attached hydrogen (secondary N) is 2. The van der Waals surface area contributed by atoms with Crippen molar-refractivity contribution in [3.05, 3.63) is 111 Å². The minimum atomic E-state index is -0.126. The summed E-state index contributed by atoms with van der Waals surface area (Å²) in [5.74, 6) is 1.33. The van der Waals surface area contributed by atoms with E-state index in [0.29, 0.717) is 16.3 Å². The van der Waals surface area contributed by atoms with E-state index >= 15 is 0 Å². The number of para-hydroxylation sites is 2. The first-order chi connectivity index (χ1) is 20.3. The van der Waals surface area contributed by atoms with Crippen molar-refractivity contribution in [2.45, 2.75) is 33.2 Å². The van der Waals surface area contributed by atoms with Gasteiger partial charge in [0, 0.05) is 29.5 Å². The summed E-state index contributed by atoms with van der Waals surface area (Å²) in [5.41, 5.74) is 7.45. The number of benzene rings is 4. The fraction of sp³-hybridized carbons (Fsp3) is 0.257. The van der Waals surface area contributed by atoms with Gasteiger partial charge in [-0.25, -0.2) is 0 Å². The first-order valence-corrected chi connectivity index (χ1v) is 14.1. The number of aromatic amines is 1. The number of aryl methyl sites for hydroxylation is 2. The van der Waals surface area contributed by atoms with Gasteiger partial charge in [-0.1, -0.05) is 42.5 Å². The SMILES string of the molecule is COc1ccc(CN(C)CCc2ccc(NC(=O)Cc3cccc4c(=O)c5cccc(C)c5[nH]c34)c(C)c2)cc1OC. The minimum absolute atomic E-state index is 0.0227. The number of aromatic nitrogens is 1. The Morgan fingerprint density at radius 2 is 1.55 bits per heavy atom. The lowest BCUT2D eigenvalue weighted by Gasteiger charge is -2.18. The van der Waals surface area contributed by atoms with Crippen LogP contribution in [-0.4, -0.2) is 43.6 Å². The third-order valence-electron chi connectivity index (χ3n) is 7.76. The molecule has 0 saturated heterocycles. The van der Waals surface area contributed by atoms with Gasteiger partial charge in [0.15, 0.2) is 16.9 Å². The van der Waals surface area contributed by atoms with Gasteiger partial charge in [-0.15, -0.1) is 0 Å². The summed E-state index contributed by atoms with van der Waals surface area (Å²) in [6, 6.07) is 23.4. The highest BCUT2D eigenvalue weighted by atomic mass is 16.5. The maximum Gasteiger partial charge on any atom is 0.228 e. The van der Waals surface area contributed by atoms with Crippen molar-refractivity contribution < 1.29 is 14.3 Å². The molecular formula is C35H37N3O4. The number of hydrogen-bond acceptors (Lipinski definition) is 5. The molecule has 42 heavy (non-hydrogen) atoms. The number of carbonyl (C=O) groups excluding carboxylic acids is 1. The fourth-order valence-corrected chi connectivity index (χ4v) is 5.46. The topological polar surface area (TPSA) is 83.7 Å². The van der Waals surface area contributed by atoms with E-state index in [1.165, 1.54) is 5.56 Å². The van der Waals surface area contributed by atoms with Crippen molar-refractivity contribution in [3.63, 3.8) is 0 Å². The maximum atomic E-state index is 13.1. The summed E-state index contributed by atoms with van der Waals surface area (Å²) in [6.07, 6.45) is 1.04. The molecule has 0 atom stereocenters. The van der Waals surface area contributed by atoms with Crippen LogP contribution in [0.5, 0.6) is 11.5 Å². The van der Waals surface area contributed by atoms with Crippen LogP contribution in [0, 0.1) is 13.8 Å². The number of amides is 1. The molecule has 0 spiro atoms. The predicted molar refractivity (Wildman–Crippen MR) is 170 cm³/mol. The number of hydrogen-bond donors (Lipinski definition) is 2. The minimum Gasteiger partial charge on any atom is -0.493 e. The number of pyridine rings is 1. The van der Waals surface area contributed by atoms with Crippen LogP contribution in [0.3, 0.4) is 0 Å². The molecule has 2 N–H and O–H groups in total. The van der Waals surface area contributed by atoms with Gasteiger partial charge in [0.05, 0.1) is 31.7 Å². The van der Waals surface area contributed by atoms with Gasteiger partial charge >= 0.3 is 0 Å². The highest BCUT2D eigenvalue weighted by Crippen LogP contribution is 2.28. The Morgan fingerprint density at radius 3 is 2.29 bits per heavy atom. The van der Waals surface area contributed by atoms with Crippen LogP contribution in [0.25, 0.3) is 21.8 Å². The second-order valence-corrected chi connectivity index (χ2v) is 10.8. The van der Waals surface area contributed by atoms with Crippen molar-refractivity contribution in [3.8, 4) is 11.5 Å². The average molecular weight is 564 g/mol. The number of ether oxygens (including phenoxy) is 2. The number of likely N-dealkylation sites (N-methyl/N-ethyl adjacent to an activating group) is 1. The molecule has 1 aromatic heterocycles. The molecule has 4 aromatic carbocycles. The normalized spacial score (nSPS) is 11.3. The van der Waals surface area contributed by atoms with Crippen molar-refractivity contribution in [1.29, 1.82) is 0 Å². The largest absolute Gasteiger partial charge is 0.493 e. The molecular weight excluding hydrogens is 526 g/mol. The van der Waals surface area contributed by atoms with Crippen LogP contribution < -0.4 is 20.2 Å². The van der Waals surface area contributed by atoms with E-state index in [4.69, 9.17) is 9.47 Å². The van der Waals surface area contributed by atoms with Crippen molar-refractivity contribution in [2.75, 3.05) is 33.1 Å². The lowest BCUT2D eigenvalue weighted by Crippen LogP contribution is -2.21. The summed E-state index contributed by atoms with van der Waals surface area (Å²) in [6.45, 7) is 5.66. The Labute approximate surface area is 246 Å². The summed E-state index contributed by atoms with van der Waals surface area (Å²) < 4.78 is 10.8. The first kappa shape index (κ1) is 28.9. The number of H-pyrrole nitrogens is 1. The average Bonchev–Trinajstić information content (AvgIpc) is 2.98. The van der Waals surface area contributed by atoms with Crippen LogP contribution in [0.1, 0.15) is 27.8 Å². The van der Waals surface area contributed by atoms with E-state index in [0.717, 1.165) is 64.5 Å². The first-order valence-electron chi connectivity index (χ1n) is 14.1. The van der Waals surface area contributed by atoms with Crippen LogP contribution >= 0.6 is 0 Å². The van der Waals surface area contributed by atoms with Gasteiger partial charge < -0.3 is 24.7 Å². The molecule has 0 aliphatic carbocycles. The van der Waals surface area contributed by atoms with Gasteiger partial charge in [-0.3, -0.25) is 9.59 Å². The number of nitrogens with zero attached hydrogens (tertiary/aromatic N) is 1. The molecule has 0 aliphatic rings. The molecule has 0 radical (unpaired) electrons.